The van der Waals surface area contributed by atoms with Crippen molar-refractivity contribution in [2.24, 2.45) is 5.92 Å². The van der Waals surface area contributed by atoms with Crippen LogP contribution in [0.25, 0.3) is 0 Å². The molecule has 4 heteroatoms. The van der Waals surface area contributed by atoms with E-state index in [-0.39, 0.29) is 17.7 Å². The Morgan fingerprint density at radius 3 is 2.20 bits per heavy atom. The highest BCUT2D eigenvalue weighted by Crippen LogP contribution is 2.20. The Hall–Kier alpha value is -1.84. The van der Waals surface area contributed by atoms with E-state index in [1.165, 1.54) is 0 Å². The highest BCUT2D eigenvalue weighted by Gasteiger charge is 2.28. The maximum Gasteiger partial charge on any atom is 0.326 e. The molecule has 1 aromatic carbocycles. The van der Waals surface area contributed by atoms with Crippen LogP contribution in [0.15, 0.2) is 30.3 Å². The van der Waals surface area contributed by atoms with Gasteiger partial charge >= 0.3 is 5.97 Å². The first-order valence-electron chi connectivity index (χ1n) is 7.09. The first kappa shape index (κ1) is 16.2. The molecule has 0 spiro atoms. The molecule has 3 unspecified atom stereocenters. The molecule has 1 amide bonds. The van der Waals surface area contributed by atoms with E-state index in [2.05, 4.69) is 5.32 Å². The molecule has 0 saturated carbocycles. The molecule has 0 saturated heterocycles. The van der Waals surface area contributed by atoms with Crippen molar-refractivity contribution < 1.29 is 14.7 Å². The van der Waals surface area contributed by atoms with Crippen molar-refractivity contribution in [1.29, 1.82) is 0 Å². The fourth-order valence-corrected chi connectivity index (χ4v) is 2.19. The van der Waals surface area contributed by atoms with Gasteiger partial charge in [0, 0.05) is 0 Å². The fraction of sp³-hybridized carbons (Fsp3) is 0.500. The molecule has 110 valence electrons. The summed E-state index contributed by atoms with van der Waals surface area (Å²) in [5.41, 5.74) is 0.917. The largest absolute Gasteiger partial charge is 0.480 e. The second kappa shape index (κ2) is 7.68. The van der Waals surface area contributed by atoms with Gasteiger partial charge in [-0.2, -0.15) is 0 Å². The molecule has 0 bridgehead atoms. The van der Waals surface area contributed by atoms with Crippen LogP contribution in [0.1, 0.15) is 45.1 Å². The van der Waals surface area contributed by atoms with Crippen LogP contribution in [-0.2, 0) is 9.59 Å². The van der Waals surface area contributed by atoms with E-state index in [4.69, 9.17) is 0 Å². The van der Waals surface area contributed by atoms with Gasteiger partial charge in [0.05, 0.1) is 5.92 Å². The second-order valence-electron chi connectivity index (χ2n) is 5.08. The van der Waals surface area contributed by atoms with Crippen molar-refractivity contribution in [1.82, 2.24) is 5.32 Å². The van der Waals surface area contributed by atoms with Crippen LogP contribution in [0, 0.1) is 5.92 Å². The topological polar surface area (TPSA) is 66.4 Å². The number of nitrogens with one attached hydrogen (secondary N) is 1. The predicted molar refractivity (Wildman–Crippen MR) is 78.5 cm³/mol. The van der Waals surface area contributed by atoms with Crippen molar-refractivity contribution in [3.05, 3.63) is 35.9 Å². The molecule has 0 aromatic heterocycles. The number of aliphatic carboxylic acids is 1. The molecular weight excluding hydrogens is 254 g/mol. The zero-order valence-corrected chi connectivity index (χ0v) is 12.3. The van der Waals surface area contributed by atoms with Gasteiger partial charge in [-0.25, -0.2) is 4.79 Å². The van der Waals surface area contributed by atoms with Crippen molar-refractivity contribution in [2.75, 3.05) is 0 Å². The standard InChI is InChI=1S/C16H23NO3/c1-4-11(3)14(16(19)20)17-15(18)13(5-2)12-9-7-6-8-10-12/h6-11,13-14H,4-5H2,1-3H3,(H,17,18)(H,19,20). The quantitative estimate of drug-likeness (QED) is 0.805. The second-order valence-corrected chi connectivity index (χ2v) is 5.08. The van der Waals surface area contributed by atoms with Crippen LogP contribution in [0.4, 0.5) is 0 Å². The maximum absolute atomic E-state index is 12.3. The lowest BCUT2D eigenvalue weighted by atomic mass is 9.93. The summed E-state index contributed by atoms with van der Waals surface area (Å²) in [6.07, 6.45) is 1.35. The van der Waals surface area contributed by atoms with E-state index in [1.807, 2.05) is 51.1 Å². The van der Waals surface area contributed by atoms with Crippen LogP contribution < -0.4 is 5.32 Å². The number of benzene rings is 1. The average Bonchev–Trinajstić information content (AvgIpc) is 2.45. The number of carbonyl (C=O) groups is 2. The Kier molecular flexibility index (Phi) is 6.22. The van der Waals surface area contributed by atoms with E-state index in [0.717, 1.165) is 5.56 Å². The van der Waals surface area contributed by atoms with Crippen molar-refractivity contribution in [2.45, 2.75) is 45.6 Å². The van der Waals surface area contributed by atoms with Gasteiger partial charge in [0.2, 0.25) is 5.91 Å². The Morgan fingerprint density at radius 2 is 1.75 bits per heavy atom. The number of hydrogen-bond donors (Lipinski definition) is 2. The number of hydrogen-bond acceptors (Lipinski definition) is 2. The number of carboxylic acid groups (broad SMARTS) is 1. The highest BCUT2D eigenvalue weighted by atomic mass is 16.4. The lowest BCUT2D eigenvalue weighted by Crippen LogP contribution is -2.46. The lowest BCUT2D eigenvalue weighted by Gasteiger charge is -2.23. The Morgan fingerprint density at radius 1 is 1.15 bits per heavy atom. The highest BCUT2D eigenvalue weighted by molar-refractivity contribution is 5.88. The zero-order chi connectivity index (χ0) is 15.1. The Labute approximate surface area is 120 Å². The number of carboxylic acids is 1. The molecule has 2 N–H and O–H groups in total. The van der Waals surface area contributed by atoms with Gasteiger partial charge in [0.1, 0.15) is 6.04 Å². The molecule has 0 fully saturated rings. The van der Waals surface area contributed by atoms with E-state index < -0.39 is 12.0 Å². The fourth-order valence-electron chi connectivity index (χ4n) is 2.19. The van der Waals surface area contributed by atoms with Crippen molar-refractivity contribution in [3.63, 3.8) is 0 Å². The molecule has 1 rings (SSSR count). The average molecular weight is 277 g/mol. The first-order chi connectivity index (χ1) is 9.51. The van der Waals surface area contributed by atoms with Gasteiger partial charge in [-0.05, 0) is 17.9 Å². The van der Waals surface area contributed by atoms with Crippen LogP contribution >= 0.6 is 0 Å². The molecule has 1 aromatic rings. The Balaban J connectivity index is 2.84. The summed E-state index contributed by atoms with van der Waals surface area (Å²) in [4.78, 5) is 23.6. The van der Waals surface area contributed by atoms with Crippen LogP contribution in [0.3, 0.4) is 0 Å². The zero-order valence-electron chi connectivity index (χ0n) is 12.3. The summed E-state index contributed by atoms with van der Waals surface area (Å²) in [7, 11) is 0. The van der Waals surface area contributed by atoms with Gasteiger partial charge in [0.25, 0.3) is 0 Å². The molecular formula is C16H23NO3. The number of rotatable bonds is 7. The van der Waals surface area contributed by atoms with E-state index >= 15 is 0 Å². The SMILES string of the molecule is CCC(C(=O)NC(C(=O)O)C(C)CC)c1ccccc1. The molecule has 0 aliphatic carbocycles. The summed E-state index contributed by atoms with van der Waals surface area (Å²) in [5, 5.41) is 11.9. The minimum Gasteiger partial charge on any atom is -0.480 e. The minimum atomic E-state index is -0.976. The minimum absolute atomic E-state index is 0.0928. The molecule has 3 atom stereocenters. The van der Waals surface area contributed by atoms with Crippen LogP contribution in [0.5, 0.6) is 0 Å². The lowest BCUT2D eigenvalue weighted by molar-refractivity contribution is -0.143. The third-order valence-corrected chi connectivity index (χ3v) is 3.70. The van der Waals surface area contributed by atoms with Crippen LogP contribution in [-0.4, -0.2) is 23.0 Å². The summed E-state index contributed by atoms with van der Waals surface area (Å²) in [6.45, 7) is 5.68. The maximum atomic E-state index is 12.3. The van der Waals surface area contributed by atoms with Gasteiger partial charge in [-0.15, -0.1) is 0 Å². The number of carbonyl (C=O) groups excluding carboxylic acids is 1. The summed E-state index contributed by atoms with van der Waals surface area (Å²) < 4.78 is 0. The molecule has 20 heavy (non-hydrogen) atoms. The van der Waals surface area contributed by atoms with Crippen molar-refractivity contribution >= 4 is 11.9 Å². The van der Waals surface area contributed by atoms with Gasteiger partial charge in [-0.3, -0.25) is 4.79 Å². The summed E-state index contributed by atoms with van der Waals surface area (Å²) in [6, 6.07) is 8.63. The summed E-state index contributed by atoms with van der Waals surface area (Å²) in [5.74, 6) is -1.59. The third kappa shape index (κ3) is 4.08. The van der Waals surface area contributed by atoms with E-state index in [1.54, 1.807) is 0 Å². The monoisotopic (exact) mass is 277 g/mol. The molecule has 0 aliphatic heterocycles. The smallest absolute Gasteiger partial charge is 0.326 e. The molecule has 0 aliphatic rings. The van der Waals surface area contributed by atoms with Gasteiger partial charge in [0.15, 0.2) is 0 Å². The van der Waals surface area contributed by atoms with E-state index in [9.17, 15) is 14.7 Å². The third-order valence-electron chi connectivity index (χ3n) is 3.70. The first-order valence-corrected chi connectivity index (χ1v) is 7.09. The van der Waals surface area contributed by atoms with Crippen LogP contribution in [0.2, 0.25) is 0 Å². The summed E-state index contributed by atoms with van der Waals surface area (Å²) >= 11 is 0. The molecule has 4 nitrogen and oxygen atoms in total. The van der Waals surface area contributed by atoms with Gasteiger partial charge < -0.3 is 10.4 Å². The Bertz CT molecular complexity index is 444. The predicted octanol–water partition coefficient (Wildman–Crippen LogP) is 2.80. The van der Waals surface area contributed by atoms with E-state index in [0.29, 0.717) is 12.8 Å². The molecule has 0 radical (unpaired) electrons. The normalized spacial score (nSPS) is 15.2. The molecule has 0 heterocycles. The number of amides is 1. The van der Waals surface area contributed by atoms with Crippen molar-refractivity contribution in [3.8, 4) is 0 Å². The van der Waals surface area contributed by atoms with Gasteiger partial charge in [-0.1, -0.05) is 57.5 Å².